The van der Waals surface area contributed by atoms with Crippen molar-refractivity contribution in [2.75, 3.05) is 18.1 Å². The summed E-state index contributed by atoms with van der Waals surface area (Å²) >= 11 is 7.30. The number of H-pyrrole nitrogens is 1. The maximum Gasteiger partial charge on any atom is 0.323 e. The number of aromatic nitrogens is 1. The van der Waals surface area contributed by atoms with E-state index in [1.54, 1.807) is 38.1 Å². The maximum atomic E-state index is 10.6. The number of aliphatic hydroxyl groups is 1. The van der Waals surface area contributed by atoms with Crippen LogP contribution in [0.15, 0.2) is 79.0 Å². The van der Waals surface area contributed by atoms with E-state index in [1.165, 1.54) is 31.2 Å². The van der Waals surface area contributed by atoms with Crippen LogP contribution in [-0.2, 0) is 57.6 Å². The zero-order chi connectivity index (χ0) is 63.7. The summed E-state index contributed by atoms with van der Waals surface area (Å²) in [5, 5.41) is 93.8. The number of carbonyl (C=O) groups is 8. The number of phenolic OH excluding ortho intramolecular Hbond substituents is 2. The van der Waals surface area contributed by atoms with Crippen molar-refractivity contribution in [3.63, 3.8) is 0 Å². The third-order valence-electron chi connectivity index (χ3n) is 9.97. The average Bonchev–Trinajstić information content (AvgIpc) is 3.82. The van der Waals surface area contributed by atoms with Gasteiger partial charge in [-0.25, -0.2) is 0 Å². The number of aromatic amines is 1. The van der Waals surface area contributed by atoms with Crippen molar-refractivity contribution < 1.29 is 94.5 Å². The molecule has 0 unspecified atom stereocenters. The lowest BCUT2D eigenvalue weighted by Gasteiger charge is -2.07. The van der Waals surface area contributed by atoms with Crippen molar-refractivity contribution >= 4 is 83.9 Å². The molecule has 1 heterocycles. The molecule has 0 aliphatic carbocycles. The first kappa shape index (κ1) is 80.3. The van der Waals surface area contributed by atoms with E-state index >= 15 is 0 Å². The van der Waals surface area contributed by atoms with Crippen LogP contribution in [0.2, 0.25) is 0 Å². The van der Waals surface area contributed by atoms with Crippen molar-refractivity contribution in [3.05, 3.63) is 95.7 Å². The molecule has 4 aromatic rings. The first-order valence-electron chi connectivity index (χ1n) is 24.1. The molecule has 0 amide bonds. The molecule has 29 nitrogen and oxygen atoms in total. The Bertz CT molecular complexity index is 2330. The standard InChI is InChI=1S/C11H12N2O2.2C9H11NO3.C6H14N2O2.C5H11NO2.C4H9NO3.2C3H7NO2S/c12-9(11(14)15)5-7-6-13-10-4-2-1-3-8(7)10;2*10-8(9(12)13)5-6-1-3-7(11)4-2-6;7-4-2-1-3-5(8)6(9)10;1-3(2)4(6)5(7)8;1-2(6)3(5)4(7)8;2*4-2(1-7)3(5)6/h1-4,6,9,13H,5,12H2,(H,14,15);2*1-4,8,11H,5,10H2,(H,12,13);5H,1-4,7-8H2,(H,9,10);3-4H,6H2,1-2H3,(H,7,8);2-3,6H,5H2,1H3,(H,7,8);2*2,7H,1,4H2,(H,5,6)/t9-;2*8-;5-;4-;2-,3+;2*2-/m10000100/s1. The van der Waals surface area contributed by atoms with Gasteiger partial charge in [-0.05, 0) is 92.1 Å². The second-order valence-electron chi connectivity index (χ2n) is 17.3. The molecule has 0 radical (unpaired) electrons. The number of rotatable bonds is 22. The largest absolute Gasteiger partial charge is 0.508 e. The third-order valence-corrected chi connectivity index (χ3v) is 10.8. The van der Waals surface area contributed by atoms with Crippen LogP contribution in [0.4, 0.5) is 0 Å². The smallest absolute Gasteiger partial charge is 0.323 e. The highest BCUT2D eigenvalue weighted by Gasteiger charge is 2.18. The molecule has 0 bridgehead atoms. The second-order valence-corrected chi connectivity index (χ2v) is 18.1. The Morgan fingerprint density at radius 2 is 0.815 bits per heavy atom. The van der Waals surface area contributed by atoms with Crippen molar-refractivity contribution in [3.8, 4) is 11.5 Å². The number of aliphatic hydroxyl groups excluding tert-OH is 1. The molecule has 9 atom stereocenters. The minimum atomic E-state index is -1.18. The van der Waals surface area contributed by atoms with E-state index in [-0.39, 0.29) is 41.8 Å². The van der Waals surface area contributed by atoms with E-state index in [9.17, 15) is 38.4 Å². The summed E-state index contributed by atoms with van der Waals surface area (Å²) in [5.74, 6) is -7.35. The van der Waals surface area contributed by atoms with E-state index in [0.717, 1.165) is 40.4 Å². The summed E-state index contributed by atoms with van der Waals surface area (Å²) in [6, 6.07) is 13.5. The average molecular weight is 1190 g/mol. The molecule has 0 aliphatic heterocycles. The molecular weight excluding hydrogens is 1110 g/mol. The van der Waals surface area contributed by atoms with Gasteiger partial charge in [0.05, 0.1) is 6.10 Å². The van der Waals surface area contributed by atoms with E-state index in [2.05, 4.69) is 30.2 Å². The normalized spacial score (nSPS) is 13.4. The van der Waals surface area contributed by atoms with Gasteiger partial charge in [-0.15, -0.1) is 0 Å². The predicted molar refractivity (Wildman–Crippen MR) is 308 cm³/mol. The Morgan fingerprint density at radius 3 is 1.07 bits per heavy atom. The van der Waals surface area contributed by atoms with Gasteiger partial charge in [-0.3, -0.25) is 38.4 Å². The molecule has 0 aliphatic rings. The Kier molecular flexibility index (Phi) is 45.2. The van der Waals surface area contributed by atoms with E-state index in [4.69, 9.17) is 108 Å². The highest BCUT2D eigenvalue weighted by atomic mass is 32.1. The van der Waals surface area contributed by atoms with Gasteiger partial charge in [0.1, 0.15) is 59.8 Å². The van der Waals surface area contributed by atoms with Crippen molar-refractivity contribution in [2.24, 2.45) is 57.5 Å². The highest BCUT2D eigenvalue weighted by molar-refractivity contribution is 7.80. The van der Waals surface area contributed by atoms with Crippen molar-refractivity contribution in [2.45, 2.75) is 114 Å². The first-order chi connectivity index (χ1) is 37.5. The number of phenols is 2. The number of nitrogens with two attached hydrogens (primary N) is 9. The molecule has 0 saturated heterocycles. The molecule has 31 heteroatoms. The molecular formula is C50H82N10O19S2. The number of nitrogens with one attached hydrogen (secondary N) is 1. The number of carboxylic acids is 8. The highest BCUT2D eigenvalue weighted by Crippen LogP contribution is 2.19. The Hall–Kier alpha value is -7.14. The number of hydrogen-bond donors (Lipinski definition) is 23. The van der Waals surface area contributed by atoms with Crippen LogP contribution in [0.1, 0.15) is 56.7 Å². The van der Waals surface area contributed by atoms with Crippen LogP contribution in [0, 0.1) is 5.92 Å². The number of benzene rings is 3. The molecule has 30 N–H and O–H groups in total. The number of para-hydroxylation sites is 1. The third kappa shape index (κ3) is 41.5. The van der Waals surface area contributed by atoms with Crippen LogP contribution in [0.5, 0.6) is 11.5 Å². The van der Waals surface area contributed by atoms with E-state index in [0.29, 0.717) is 19.4 Å². The lowest BCUT2D eigenvalue weighted by atomic mass is 10.1. The minimum Gasteiger partial charge on any atom is -0.508 e. The van der Waals surface area contributed by atoms with Gasteiger partial charge in [0.15, 0.2) is 0 Å². The van der Waals surface area contributed by atoms with E-state index in [1.807, 2.05) is 30.5 Å². The quantitative estimate of drug-likeness (QED) is 0.0326. The van der Waals surface area contributed by atoms with Crippen LogP contribution >= 0.6 is 25.3 Å². The van der Waals surface area contributed by atoms with Crippen molar-refractivity contribution in [1.29, 1.82) is 0 Å². The molecule has 1 aromatic heterocycles. The summed E-state index contributed by atoms with van der Waals surface area (Å²) in [7, 11) is 0. The van der Waals surface area contributed by atoms with Crippen molar-refractivity contribution in [1.82, 2.24) is 4.98 Å². The van der Waals surface area contributed by atoms with Crippen LogP contribution < -0.4 is 51.6 Å². The summed E-state index contributed by atoms with van der Waals surface area (Å²) in [4.78, 5) is 84.0. The fourth-order valence-electron chi connectivity index (χ4n) is 4.85. The summed E-state index contributed by atoms with van der Waals surface area (Å²) < 4.78 is 0. The molecule has 4 rings (SSSR count). The Balaban J connectivity index is -0.000000426. The van der Waals surface area contributed by atoms with Crippen LogP contribution in [-0.4, -0.2) is 181 Å². The summed E-state index contributed by atoms with van der Waals surface area (Å²) in [5.41, 5.74) is 50.1. The van der Waals surface area contributed by atoms with Crippen LogP contribution in [0.3, 0.4) is 0 Å². The lowest BCUT2D eigenvalue weighted by molar-refractivity contribution is -0.141. The Labute approximate surface area is 478 Å². The van der Waals surface area contributed by atoms with Gasteiger partial charge in [-0.1, -0.05) is 62.7 Å². The van der Waals surface area contributed by atoms with Gasteiger partial charge in [0.2, 0.25) is 0 Å². The second kappa shape index (κ2) is 45.6. The van der Waals surface area contributed by atoms with Gasteiger partial charge in [-0.2, -0.15) is 25.3 Å². The van der Waals surface area contributed by atoms with Gasteiger partial charge < -0.3 is 113 Å². The zero-order valence-corrected chi connectivity index (χ0v) is 46.7. The van der Waals surface area contributed by atoms with Gasteiger partial charge >= 0.3 is 47.8 Å². The number of fused-ring (bicyclic) bond motifs is 1. The number of aliphatic carboxylic acids is 8. The number of aromatic hydroxyl groups is 2. The fourth-order valence-corrected chi connectivity index (χ4v) is 5.16. The molecule has 458 valence electrons. The number of hydrogen-bond acceptors (Lipinski definition) is 22. The number of unbranched alkanes of at least 4 members (excludes halogenated alkanes) is 1. The molecule has 0 spiro atoms. The Morgan fingerprint density at radius 1 is 0.469 bits per heavy atom. The monoisotopic (exact) mass is 1190 g/mol. The van der Waals surface area contributed by atoms with Gasteiger partial charge in [0, 0.05) is 35.0 Å². The molecule has 0 fully saturated rings. The summed E-state index contributed by atoms with van der Waals surface area (Å²) in [6.45, 7) is 5.49. The van der Waals surface area contributed by atoms with Gasteiger partial charge in [0.25, 0.3) is 0 Å². The minimum absolute atomic E-state index is 0.0208. The number of thiol groups is 2. The predicted octanol–water partition coefficient (Wildman–Crippen LogP) is -1.17. The molecule has 3 aromatic carbocycles. The molecule has 0 saturated carbocycles. The van der Waals surface area contributed by atoms with Crippen LogP contribution in [0.25, 0.3) is 10.9 Å². The van der Waals surface area contributed by atoms with E-state index < -0.39 is 102 Å². The topological polar surface area (TPSA) is 609 Å². The zero-order valence-electron chi connectivity index (χ0n) is 44.9. The summed E-state index contributed by atoms with van der Waals surface area (Å²) in [6.07, 6.45) is 3.89. The SMILES string of the molecule is CC(C)[C@H](N)C(=O)O.C[C@@H](O)[C@H](N)C(=O)O.NCCCC[C@H](N)C(=O)O.N[C@@H](CS)C(=O)O.N[C@@H](CS)C(=O)O.N[C@@H](Cc1ccc(O)cc1)C(=O)O.N[C@@H](Cc1ccc(O)cc1)C(=O)O.N[C@H](Cc1c[nH]c2ccccc12)C(=O)O. The lowest BCUT2D eigenvalue weighted by Crippen LogP contribution is -2.39. The first-order valence-corrected chi connectivity index (χ1v) is 25.4. The number of carboxylic acid groups (broad SMARTS) is 8. The molecule has 81 heavy (non-hydrogen) atoms. The fraction of sp³-hybridized carbons (Fsp3) is 0.440. The maximum absolute atomic E-state index is 10.6.